The third-order valence-corrected chi connectivity index (χ3v) is 9.80. The van der Waals surface area contributed by atoms with E-state index in [4.69, 9.17) is 4.21 Å². The van der Waals surface area contributed by atoms with Crippen LogP contribution in [0.1, 0.15) is 20.8 Å². The van der Waals surface area contributed by atoms with Gasteiger partial charge in [-0.3, -0.25) is 0 Å². The predicted octanol–water partition coefficient (Wildman–Crippen LogP) is 4.48. The van der Waals surface area contributed by atoms with Gasteiger partial charge in [0.2, 0.25) is 8.32 Å². The largest absolute Gasteiger partial charge is 0.422 e. The standard InChI is InChI=1S/C6H15BrFO2PSi/c1-4-12(5-2,6-3)10-11(7,8)9/h4-6H2,1-3H3. The Balaban J connectivity index is 4.41. The molecule has 0 spiro atoms. The van der Waals surface area contributed by atoms with Crippen molar-refractivity contribution in [2.45, 2.75) is 38.9 Å². The first-order valence-corrected chi connectivity index (χ1v) is 10.2. The summed E-state index contributed by atoms with van der Waals surface area (Å²) in [5.74, 6) is 0. The van der Waals surface area contributed by atoms with Crippen molar-refractivity contribution < 1.29 is 13.0 Å². The highest BCUT2D eigenvalue weighted by Crippen LogP contribution is 2.59. The van der Waals surface area contributed by atoms with E-state index >= 15 is 0 Å². The Morgan fingerprint density at radius 3 is 1.75 bits per heavy atom. The number of hydrogen-bond acceptors (Lipinski definition) is 2. The number of rotatable bonds is 5. The van der Waals surface area contributed by atoms with Crippen LogP contribution in [-0.4, -0.2) is 8.32 Å². The summed E-state index contributed by atoms with van der Waals surface area (Å²) in [5.41, 5.74) is 0. The van der Waals surface area contributed by atoms with E-state index < -0.39 is 14.7 Å². The average Bonchev–Trinajstić information content (AvgIpc) is 1.99. The molecule has 0 amide bonds. The lowest BCUT2D eigenvalue weighted by Crippen LogP contribution is -2.33. The first-order valence-electron chi connectivity index (χ1n) is 4.09. The van der Waals surface area contributed by atoms with E-state index in [1.165, 1.54) is 0 Å². The van der Waals surface area contributed by atoms with Crippen LogP contribution in [0.2, 0.25) is 18.1 Å². The minimum Gasteiger partial charge on any atom is -0.339 e. The molecule has 0 fully saturated rings. The Labute approximate surface area is 82.3 Å². The van der Waals surface area contributed by atoms with Crippen molar-refractivity contribution in [2.75, 3.05) is 0 Å². The highest BCUT2D eigenvalue weighted by molar-refractivity contribution is 9.39. The van der Waals surface area contributed by atoms with Crippen molar-refractivity contribution in [3.05, 3.63) is 0 Å². The lowest BCUT2D eigenvalue weighted by atomic mass is 10.9. The molecule has 1 unspecified atom stereocenters. The summed E-state index contributed by atoms with van der Waals surface area (Å²) < 4.78 is 28.5. The van der Waals surface area contributed by atoms with Crippen LogP contribution in [0.5, 0.6) is 0 Å². The van der Waals surface area contributed by atoms with Gasteiger partial charge < -0.3 is 4.21 Å². The third kappa shape index (κ3) is 4.17. The van der Waals surface area contributed by atoms with Crippen LogP contribution < -0.4 is 0 Å². The SMILES string of the molecule is CC[Si](CC)(CC)OP(=O)(F)Br. The molecule has 0 N–H and O–H groups in total. The fourth-order valence-corrected chi connectivity index (χ4v) is 8.79. The molecule has 12 heavy (non-hydrogen) atoms. The van der Waals surface area contributed by atoms with Crippen molar-refractivity contribution in [3.63, 3.8) is 0 Å². The Morgan fingerprint density at radius 2 is 1.67 bits per heavy atom. The van der Waals surface area contributed by atoms with E-state index in [0.717, 1.165) is 18.1 Å². The Bertz CT molecular complexity index is 172. The van der Waals surface area contributed by atoms with Gasteiger partial charge in [0.15, 0.2) is 0 Å². The van der Waals surface area contributed by atoms with Crippen molar-refractivity contribution in [2.24, 2.45) is 0 Å². The summed E-state index contributed by atoms with van der Waals surface area (Å²) in [4.78, 5) is 0. The van der Waals surface area contributed by atoms with E-state index in [9.17, 15) is 8.76 Å². The first-order chi connectivity index (χ1) is 5.39. The molecule has 6 heteroatoms. The normalized spacial score (nSPS) is 17.4. The maximum absolute atomic E-state index is 12.7. The predicted molar refractivity (Wildman–Crippen MR) is 55.9 cm³/mol. The van der Waals surface area contributed by atoms with Gasteiger partial charge >= 0.3 is 6.38 Å². The van der Waals surface area contributed by atoms with Crippen LogP contribution in [0.15, 0.2) is 0 Å². The van der Waals surface area contributed by atoms with Crippen molar-refractivity contribution in [3.8, 4) is 0 Å². The van der Waals surface area contributed by atoms with Gasteiger partial charge in [-0.05, 0) is 18.1 Å². The van der Waals surface area contributed by atoms with Gasteiger partial charge in [0.25, 0.3) is 0 Å². The van der Waals surface area contributed by atoms with E-state index in [2.05, 4.69) is 15.5 Å². The summed E-state index contributed by atoms with van der Waals surface area (Å²) in [6.45, 7) is 5.88. The zero-order valence-corrected chi connectivity index (χ0v) is 11.1. The molecule has 0 aromatic rings. The minimum atomic E-state index is -3.96. The minimum absolute atomic E-state index is 0.805. The maximum atomic E-state index is 12.7. The summed E-state index contributed by atoms with van der Waals surface area (Å²) in [6, 6.07) is 2.42. The van der Waals surface area contributed by atoms with Gasteiger partial charge in [-0.1, -0.05) is 20.8 Å². The van der Waals surface area contributed by atoms with Crippen LogP contribution in [0.4, 0.5) is 4.20 Å². The summed E-state index contributed by atoms with van der Waals surface area (Å²) in [6.07, 6.45) is -3.96. The van der Waals surface area contributed by atoms with Crippen molar-refractivity contribution >= 4 is 30.2 Å². The fourth-order valence-electron chi connectivity index (χ4n) is 1.17. The smallest absolute Gasteiger partial charge is 0.339 e. The molecule has 0 heterocycles. The van der Waals surface area contributed by atoms with Crippen LogP contribution in [-0.2, 0) is 8.78 Å². The van der Waals surface area contributed by atoms with Gasteiger partial charge in [0, 0.05) is 15.5 Å². The molecule has 0 aromatic heterocycles. The van der Waals surface area contributed by atoms with E-state index in [0.29, 0.717) is 0 Å². The lowest BCUT2D eigenvalue weighted by Gasteiger charge is -2.27. The highest BCUT2D eigenvalue weighted by atomic mass is 79.9. The highest BCUT2D eigenvalue weighted by Gasteiger charge is 2.36. The molecular formula is C6H15BrFO2PSi. The molecule has 0 bridgehead atoms. The van der Waals surface area contributed by atoms with Crippen LogP contribution in [0.25, 0.3) is 0 Å². The molecule has 0 saturated carbocycles. The van der Waals surface area contributed by atoms with Gasteiger partial charge in [-0.25, -0.2) is 4.57 Å². The molecule has 0 rings (SSSR count). The summed E-state index contributed by atoms with van der Waals surface area (Å²) in [7, 11) is -2.04. The first kappa shape index (κ1) is 12.8. The zero-order chi connectivity index (χ0) is 9.83. The summed E-state index contributed by atoms with van der Waals surface area (Å²) in [5, 5.41) is 0. The average molecular weight is 277 g/mol. The van der Waals surface area contributed by atoms with Crippen molar-refractivity contribution in [1.82, 2.24) is 0 Å². The van der Waals surface area contributed by atoms with Gasteiger partial charge in [0.1, 0.15) is 0 Å². The second-order valence-corrected chi connectivity index (χ2v) is 11.3. The number of hydrogen-bond donors (Lipinski definition) is 0. The Hall–Kier alpha value is 0.817. The molecule has 0 aromatic carbocycles. The molecule has 74 valence electrons. The Kier molecular flexibility index (Phi) is 5.22. The third-order valence-electron chi connectivity index (χ3n) is 2.23. The monoisotopic (exact) mass is 276 g/mol. The fraction of sp³-hybridized carbons (Fsp3) is 1.00. The molecule has 0 saturated heterocycles. The molecule has 0 radical (unpaired) electrons. The molecule has 0 aliphatic heterocycles. The van der Waals surface area contributed by atoms with Gasteiger partial charge in [-0.15, -0.1) is 4.20 Å². The van der Waals surface area contributed by atoms with E-state index in [-0.39, 0.29) is 0 Å². The topological polar surface area (TPSA) is 26.3 Å². The van der Waals surface area contributed by atoms with E-state index in [1.807, 2.05) is 20.8 Å². The molecule has 0 aliphatic carbocycles. The molecule has 2 nitrogen and oxygen atoms in total. The zero-order valence-electron chi connectivity index (χ0n) is 7.64. The van der Waals surface area contributed by atoms with Crippen LogP contribution in [0.3, 0.4) is 0 Å². The van der Waals surface area contributed by atoms with E-state index in [1.54, 1.807) is 0 Å². The second kappa shape index (κ2) is 4.89. The van der Waals surface area contributed by atoms with Gasteiger partial charge in [-0.2, -0.15) is 0 Å². The maximum Gasteiger partial charge on any atom is 0.422 e. The second-order valence-electron chi connectivity index (χ2n) is 2.75. The molecule has 0 aliphatic rings. The molecule has 1 atom stereocenters. The van der Waals surface area contributed by atoms with Crippen LogP contribution in [0, 0.1) is 0 Å². The Morgan fingerprint density at radius 1 is 1.33 bits per heavy atom. The lowest BCUT2D eigenvalue weighted by molar-refractivity contribution is 0.448. The van der Waals surface area contributed by atoms with Crippen LogP contribution >= 0.6 is 21.9 Å². The number of halogens is 2. The van der Waals surface area contributed by atoms with Gasteiger partial charge in [0.05, 0.1) is 0 Å². The summed E-state index contributed by atoms with van der Waals surface area (Å²) >= 11 is 2.44. The van der Waals surface area contributed by atoms with Crippen molar-refractivity contribution in [1.29, 1.82) is 0 Å². The quantitative estimate of drug-likeness (QED) is 0.547. The molecular weight excluding hydrogens is 262 g/mol.